The Balaban J connectivity index is 1.97. The molecule has 122 valence electrons. The highest BCUT2D eigenvalue weighted by Gasteiger charge is 2.32. The van der Waals surface area contributed by atoms with Crippen molar-refractivity contribution in [1.82, 2.24) is 0 Å². The molecule has 1 fully saturated rings. The summed E-state index contributed by atoms with van der Waals surface area (Å²) < 4.78 is 20.1. The van der Waals surface area contributed by atoms with E-state index >= 15 is 0 Å². The summed E-state index contributed by atoms with van der Waals surface area (Å²) in [7, 11) is 0. The predicted molar refractivity (Wildman–Crippen MR) is 90.2 cm³/mol. The highest BCUT2D eigenvalue weighted by molar-refractivity contribution is 6.30. The number of hydrogen-bond donors (Lipinski definition) is 1. The number of hydrogen-bond acceptors (Lipinski definition) is 2. The van der Waals surface area contributed by atoms with Crippen molar-refractivity contribution in [2.24, 2.45) is 0 Å². The van der Waals surface area contributed by atoms with Crippen molar-refractivity contribution in [2.75, 3.05) is 0 Å². The number of ether oxygens (including phenoxy) is 1. The molecule has 2 aromatic rings. The van der Waals surface area contributed by atoms with Gasteiger partial charge in [-0.2, -0.15) is 0 Å². The van der Waals surface area contributed by atoms with Gasteiger partial charge in [0.25, 0.3) is 0 Å². The Bertz CT molecular complexity index is 709. The number of rotatable bonds is 3. The van der Waals surface area contributed by atoms with Crippen LogP contribution in [0.25, 0.3) is 11.1 Å². The highest BCUT2D eigenvalue weighted by Crippen LogP contribution is 2.37. The lowest BCUT2D eigenvalue weighted by Crippen LogP contribution is -2.38. The molecule has 0 saturated heterocycles. The molecule has 0 aliphatic heterocycles. The van der Waals surface area contributed by atoms with Crippen LogP contribution < -0.4 is 4.74 Å². The summed E-state index contributed by atoms with van der Waals surface area (Å²) >= 11 is 6.00. The monoisotopic (exact) mass is 334 g/mol. The molecule has 0 atom stereocenters. The van der Waals surface area contributed by atoms with Crippen LogP contribution in [0.4, 0.5) is 4.39 Å². The fourth-order valence-corrected chi connectivity index (χ4v) is 3.30. The first kappa shape index (κ1) is 16.3. The minimum Gasteiger partial charge on any atom is -0.462 e. The zero-order chi connectivity index (χ0) is 16.4. The second kappa shape index (κ2) is 6.50. The lowest BCUT2D eigenvalue weighted by Gasteiger charge is -2.33. The van der Waals surface area contributed by atoms with E-state index in [-0.39, 0.29) is 5.82 Å². The zero-order valence-corrected chi connectivity index (χ0v) is 13.9. The van der Waals surface area contributed by atoms with Crippen molar-refractivity contribution in [1.29, 1.82) is 0 Å². The maximum Gasteiger partial charge on any atom is 0.208 e. The number of benzene rings is 2. The molecule has 1 aliphatic rings. The van der Waals surface area contributed by atoms with Crippen LogP contribution in [0.2, 0.25) is 5.02 Å². The molecule has 1 saturated carbocycles. The van der Waals surface area contributed by atoms with E-state index < -0.39 is 5.79 Å². The second-order valence-electron chi connectivity index (χ2n) is 6.16. The van der Waals surface area contributed by atoms with Gasteiger partial charge in [-0.15, -0.1) is 0 Å². The van der Waals surface area contributed by atoms with Crippen LogP contribution in [-0.2, 0) is 0 Å². The van der Waals surface area contributed by atoms with Gasteiger partial charge in [0.05, 0.1) is 0 Å². The maximum atomic E-state index is 14.2. The molecular formula is C19H20ClFO2. The summed E-state index contributed by atoms with van der Waals surface area (Å²) in [5.74, 6) is -0.855. The van der Waals surface area contributed by atoms with Gasteiger partial charge in [0, 0.05) is 23.4 Å². The highest BCUT2D eigenvalue weighted by atomic mass is 35.5. The van der Waals surface area contributed by atoms with Crippen LogP contribution >= 0.6 is 11.6 Å². The van der Waals surface area contributed by atoms with Gasteiger partial charge in [0.2, 0.25) is 5.79 Å². The van der Waals surface area contributed by atoms with Crippen LogP contribution in [0.3, 0.4) is 0 Å². The Hall–Kier alpha value is -1.58. The fraction of sp³-hybridized carbons (Fsp3) is 0.368. The maximum absolute atomic E-state index is 14.2. The second-order valence-corrected chi connectivity index (χ2v) is 6.60. The zero-order valence-electron chi connectivity index (χ0n) is 13.1. The van der Waals surface area contributed by atoms with Crippen LogP contribution in [0.15, 0.2) is 36.4 Å². The van der Waals surface area contributed by atoms with Crippen LogP contribution in [-0.4, -0.2) is 10.9 Å². The molecule has 0 aromatic heterocycles. The molecule has 1 N–H and O–H groups in total. The largest absolute Gasteiger partial charge is 0.462 e. The van der Waals surface area contributed by atoms with Gasteiger partial charge < -0.3 is 9.84 Å². The van der Waals surface area contributed by atoms with Gasteiger partial charge in [-0.3, -0.25) is 0 Å². The molecule has 0 spiro atoms. The number of aliphatic hydroxyl groups is 1. The summed E-state index contributed by atoms with van der Waals surface area (Å²) in [6, 6.07) is 9.96. The molecule has 0 amide bonds. The van der Waals surface area contributed by atoms with E-state index in [9.17, 15) is 9.50 Å². The Labute approximate surface area is 140 Å². The molecular weight excluding hydrogens is 315 g/mol. The third kappa shape index (κ3) is 3.51. The van der Waals surface area contributed by atoms with E-state index in [1.807, 2.05) is 25.1 Å². The molecule has 1 aliphatic carbocycles. The fourth-order valence-electron chi connectivity index (χ4n) is 3.13. The normalized spacial score (nSPS) is 17.0. The van der Waals surface area contributed by atoms with E-state index in [2.05, 4.69) is 0 Å². The summed E-state index contributed by atoms with van der Waals surface area (Å²) in [6.07, 6.45) is 4.29. The molecule has 2 aromatic carbocycles. The van der Waals surface area contributed by atoms with Crippen molar-refractivity contribution in [3.05, 3.63) is 52.8 Å². The van der Waals surface area contributed by atoms with E-state index in [0.717, 1.165) is 30.4 Å². The van der Waals surface area contributed by atoms with Crippen molar-refractivity contribution in [3.63, 3.8) is 0 Å². The lowest BCUT2D eigenvalue weighted by molar-refractivity contribution is -0.159. The topological polar surface area (TPSA) is 29.5 Å². The van der Waals surface area contributed by atoms with Crippen LogP contribution in [0, 0.1) is 12.7 Å². The average Bonchev–Trinajstić information content (AvgIpc) is 2.52. The summed E-state index contributed by atoms with van der Waals surface area (Å²) in [6.45, 7) is 1.87. The van der Waals surface area contributed by atoms with Gasteiger partial charge >= 0.3 is 0 Å². The van der Waals surface area contributed by atoms with Gasteiger partial charge in [0.1, 0.15) is 11.6 Å². The molecule has 0 unspecified atom stereocenters. The number of halogens is 2. The molecule has 2 nitrogen and oxygen atoms in total. The van der Waals surface area contributed by atoms with E-state index in [4.69, 9.17) is 16.3 Å². The summed E-state index contributed by atoms with van der Waals surface area (Å²) in [4.78, 5) is 0. The Morgan fingerprint density at radius 3 is 2.57 bits per heavy atom. The van der Waals surface area contributed by atoms with Gasteiger partial charge in [-0.1, -0.05) is 30.2 Å². The van der Waals surface area contributed by atoms with Crippen molar-refractivity contribution < 1.29 is 14.2 Å². The minimum absolute atomic E-state index is 0.328. The van der Waals surface area contributed by atoms with E-state index in [0.29, 0.717) is 29.2 Å². The third-order valence-corrected chi connectivity index (χ3v) is 4.67. The SMILES string of the molecule is Cc1c(OC2(O)CCCCC2)cccc1-c1cc(Cl)ccc1F. The molecule has 0 bridgehead atoms. The molecule has 4 heteroatoms. The van der Waals surface area contributed by atoms with Crippen LogP contribution in [0.1, 0.15) is 37.7 Å². The first-order chi connectivity index (χ1) is 11.0. The van der Waals surface area contributed by atoms with Gasteiger partial charge in [-0.25, -0.2) is 4.39 Å². The first-order valence-corrected chi connectivity index (χ1v) is 8.33. The Kier molecular flexibility index (Phi) is 4.60. The Morgan fingerprint density at radius 2 is 1.83 bits per heavy atom. The third-order valence-electron chi connectivity index (χ3n) is 4.44. The van der Waals surface area contributed by atoms with Crippen molar-refractivity contribution in [3.8, 4) is 16.9 Å². The quantitative estimate of drug-likeness (QED) is 0.752. The average molecular weight is 335 g/mol. The molecule has 3 rings (SSSR count). The summed E-state index contributed by atoms with van der Waals surface area (Å²) in [5, 5.41) is 11.1. The first-order valence-electron chi connectivity index (χ1n) is 7.95. The standard InChI is InChI=1S/C19H20ClFO2/c1-13-15(16-12-14(20)8-9-17(16)21)6-5-7-18(13)23-19(22)10-3-2-4-11-19/h5-9,12,22H,2-4,10-11H2,1H3. The van der Waals surface area contributed by atoms with Crippen LogP contribution in [0.5, 0.6) is 5.75 Å². The summed E-state index contributed by atoms with van der Waals surface area (Å²) in [5.41, 5.74) is 1.96. The van der Waals surface area contributed by atoms with Crippen molar-refractivity contribution >= 4 is 11.6 Å². The van der Waals surface area contributed by atoms with Gasteiger partial charge in [0.15, 0.2) is 0 Å². The smallest absolute Gasteiger partial charge is 0.208 e. The predicted octanol–water partition coefficient (Wildman–Crippen LogP) is 5.49. The molecule has 23 heavy (non-hydrogen) atoms. The minimum atomic E-state index is -1.12. The Morgan fingerprint density at radius 1 is 1.09 bits per heavy atom. The molecule has 0 heterocycles. The lowest BCUT2D eigenvalue weighted by atomic mass is 9.94. The van der Waals surface area contributed by atoms with E-state index in [1.54, 1.807) is 6.07 Å². The van der Waals surface area contributed by atoms with E-state index in [1.165, 1.54) is 12.1 Å². The molecule has 0 radical (unpaired) electrons. The van der Waals surface area contributed by atoms with Gasteiger partial charge in [-0.05, 0) is 55.2 Å². The van der Waals surface area contributed by atoms with Crippen molar-refractivity contribution in [2.45, 2.75) is 44.8 Å².